The van der Waals surface area contributed by atoms with Crippen molar-refractivity contribution in [1.82, 2.24) is 9.78 Å². The molecule has 0 saturated heterocycles. The number of esters is 1. The van der Waals surface area contributed by atoms with Gasteiger partial charge in [-0.15, -0.1) is 12.4 Å². The number of amides is 1. The fraction of sp³-hybridized carbons (Fsp3) is 0.737. The highest BCUT2D eigenvalue weighted by Crippen LogP contribution is 2.42. The maximum absolute atomic E-state index is 12.7. The Kier molecular flexibility index (Phi) is 6.92. The number of carbonyl (C=O) groups excluding carboxylic acids is 2. The average Bonchev–Trinajstić information content (AvgIpc) is 3.04. The number of anilines is 1. The summed E-state index contributed by atoms with van der Waals surface area (Å²) < 4.78 is 6.63. The van der Waals surface area contributed by atoms with Gasteiger partial charge in [-0.3, -0.25) is 9.48 Å². The molecule has 2 fully saturated rings. The standard InChI is InChI=1S/C19H30N4O3.ClH/c1-4-26-18(25)19(2,3)23-11-15(10-21-23)22-17(24)14-8-12-6-5-7-13(9-14)16(12)20;/h10-14,16H,4-9,20H2,1-3H3,(H,22,24);1H. The van der Waals surface area contributed by atoms with Gasteiger partial charge in [0.1, 0.15) is 0 Å². The van der Waals surface area contributed by atoms with Crippen molar-refractivity contribution >= 4 is 30.0 Å². The number of carbonyl (C=O) groups is 2. The number of nitrogens with one attached hydrogen (secondary N) is 1. The van der Waals surface area contributed by atoms with E-state index in [0.29, 0.717) is 24.1 Å². The average molecular weight is 399 g/mol. The second-order valence-corrected chi connectivity index (χ2v) is 8.14. The summed E-state index contributed by atoms with van der Waals surface area (Å²) in [6.07, 6.45) is 8.49. The van der Waals surface area contributed by atoms with Crippen LogP contribution < -0.4 is 11.1 Å². The molecule has 2 aliphatic carbocycles. The van der Waals surface area contributed by atoms with Crippen LogP contribution >= 0.6 is 12.4 Å². The number of nitrogens with two attached hydrogens (primary N) is 1. The normalized spacial score (nSPS) is 27.4. The summed E-state index contributed by atoms with van der Waals surface area (Å²) in [5.41, 5.74) is 6.00. The lowest BCUT2D eigenvalue weighted by Crippen LogP contribution is -2.48. The lowest BCUT2D eigenvalue weighted by atomic mass is 9.65. The van der Waals surface area contributed by atoms with Crippen molar-refractivity contribution in [1.29, 1.82) is 0 Å². The number of hydrogen-bond acceptors (Lipinski definition) is 5. The minimum atomic E-state index is -0.923. The summed E-state index contributed by atoms with van der Waals surface area (Å²) in [5.74, 6) is 0.608. The first-order valence-electron chi connectivity index (χ1n) is 9.61. The summed E-state index contributed by atoms with van der Waals surface area (Å²) >= 11 is 0. The zero-order valence-electron chi connectivity index (χ0n) is 16.3. The van der Waals surface area contributed by atoms with Crippen LogP contribution in [0.1, 0.15) is 52.9 Å². The quantitative estimate of drug-likeness (QED) is 0.743. The molecular weight excluding hydrogens is 368 g/mol. The minimum absolute atomic E-state index is 0. The fourth-order valence-electron chi connectivity index (χ4n) is 4.34. The van der Waals surface area contributed by atoms with Gasteiger partial charge in [0, 0.05) is 18.2 Å². The fourth-order valence-corrected chi connectivity index (χ4v) is 4.34. The van der Waals surface area contributed by atoms with Crippen LogP contribution in [0.15, 0.2) is 12.4 Å². The largest absolute Gasteiger partial charge is 0.464 e. The number of hydrogen-bond donors (Lipinski definition) is 2. The van der Waals surface area contributed by atoms with E-state index < -0.39 is 5.54 Å². The maximum atomic E-state index is 12.7. The Morgan fingerprint density at radius 1 is 1.33 bits per heavy atom. The van der Waals surface area contributed by atoms with Gasteiger partial charge in [0.2, 0.25) is 5.91 Å². The molecule has 3 rings (SSSR count). The molecule has 1 amide bonds. The van der Waals surface area contributed by atoms with Crippen LogP contribution in [0.4, 0.5) is 5.69 Å². The number of rotatable bonds is 5. The molecule has 2 saturated carbocycles. The molecule has 2 bridgehead atoms. The highest BCUT2D eigenvalue weighted by Gasteiger charge is 2.40. The minimum Gasteiger partial charge on any atom is -0.464 e. The van der Waals surface area contributed by atoms with Crippen molar-refractivity contribution in [2.75, 3.05) is 11.9 Å². The second kappa shape index (κ2) is 8.61. The zero-order chi connectivity index (χ0) is 18.9. The molecule has 2 aliphatic rings. The monoisotopic (exact) mass is 398 g/mol. The molecule has 0 aliphatic heterocycles. The molecule has 0 spiro atoms. The van der Waals surface area contributed by atoms with E-state index in [1.807, 2.05) is 0 Å². The third kappa shape index (κ3) is 4.46. The highest BCUT2D eigenvalue weighted by atomic mass is 35.5. The predicted octanol–water partition coefficient (Wildman–Crippen LogP) is 2.70. The van der Waals surface area contributed by atoms with E-state index >= 15 is 0 Å². The second-order valence-electron chi connectivity index (χ2n) is 8.14. The predicted molar refractivity (Wildman–Crippen MR) is 106 cm³/mol. The molecule has 8 heteroatoms. The molecular formula is C19H31ClN4O3. The van der Waals surface area contributed by atoms with Gasteiger partial charge < -0.3 is 15.8 Å². The van der Waals surface area contributed by atoms with E-state index in [4.69, 9.17) is 10.5 Å². The molecule has 27 heavy (non-hydrogen) atoms. The van der Waals surface area contributed by atoms with Crippen LogP contribution in [0.25, 0.3) is 0 Å². The smallest absolute Gasteiger partial charge is 0.333 e. The third-order valence-electron chi connectivity index (χ3n) is 5.98. The Bertz CT molecular complexity index is 662. The van der Waals surface area contributed by atoms with Gasteiger partial charge in [0.15, 0.2) is 5.54 Å². The third-order valence-corrected chi connectivity index (χ3v) is 5.98. The molecule has 2 atom stereocenters. The van der Waals surface area contributed by atoms with Crippen molar-refractivity contribution in [3.05, 3.63) is 12.4 Å². The summed E-state index contributed by atoms with van der Waals surface area (Å²) in [6, 6.07) is 0.251. The van der Waals surface area contributed by atoms with Crippen LogP contribution in [0.3, 0.4) is 0 Å². The first kappa shape index (κ1) is 21.7. The lowest BCUT2D eigenvalue weighted by Gasteiger charge is -2.43. The molecule has 2 unspecified atom stereocenters. The number of halogens is 1. The van der Waals surface area contributed by atoms with Crippen LogP contribution in [-0.2, 0) is 19.9 Å². The first-order chi connectivity index (χ1) is 12.3. The van der Waals surface area contributed by atoms with Crippen molar-refractivity contribution in [3.63, 3.8) is 0 Å². The summed E-state index contributed by atoms with van der Waals surface area (Å²) in [6.45, 7) is 5.58. The van der Waals surface area contributed by atoms with Gasteiger partial charge in [0.05, 0.1) is 18.5 Å². The van der Waals surface area contributed by atoms with Gasteiger partial charge >= 0.3 is 5.97 Å². The number of aromatic nitrogens is 2. The van der Waals surface area contributed by atoms with E-state index in [0.717, 1.165) is 25.7 Å². The lowest BCUT2D eigenvalue weighted by molar-refractivity contribution is -0.152. The highest BCUT2D eigenvalue weighted by molar-refractivity contribution is 5.92. The van der Waals surface area contributed by atoms with Crippen LogP contribution in [-0.4, -0.2) is 34.3 Å². The van der Waals surface area contributed by atoms with Crippen molar-refractivity contribution < 1.29 is 14.3 Å². The molecule has 1 aromatic heterocycles. The Morgan fingerprint density at radius 2 is 1.96 bits per heavy atom. The topological polar surface area (TPSA) is 99.2 Å². The van der Waals surface area contributed by atoms with Crippen LogP contribution in [0.5, 0.6) is 0 Å². The first-order valence-corrected chi connectivity index (χ1v) is 9.61. The summed E-state index contributed by atoms with van der Waals surface area (Å²) in [7, 11) is 0. The van der Waals surface area contributed by atoms with E-state index in [9.17, 15) is 9.59 Å². The van der Waals surface area contributed by atoms with Crippen LogP contribution in [0.2, 0.25) is 0 Å². The molecule has 1 heterocycles. The van der Waals surface area contributed by atoms with Crippen molar-refractivity contribution in [2.45, 2.75) is 64.5 Å². The van der Waals surface area contributed by atoms with Gasteiger partial charge in [-0.25, -0.2) is 4.79 Å². The summed E-state index contributed by atoms with van der Waals surface area (Å²) in [4.78, 5) is 24.8. The molecule has 0 aromatic carbocycles. The maximum Gasteiger partial charge on any atom is 0.333 e. The van der Waals surface area contributed by atoms with Gasteiger partial charge in [-0.1, -0.05) is 6.42 Å². The molecule has 1 aromatic rings. The Balaban J connectivity index is 0.00000261. The van der Waals surface area contributed by atoms with E-state index in [-0.39, 0.29) is 36.2 Å². The molecule has 0 radical (unpaired) electrons. The summed E-state index contributed by atoms with van der Waals surface area (Å²) in [5, 5.41) is 7.20. The molecule has 3 N–H and O–H groups in total. The SMILES string of the molecule is CCOC(=O)C(C)(C)n1cc(NC(=O)C2CC3CCCC(C2)C3N)cn1.Cl. The van der Waals surface area contributed by atoms with Crippen LogP contribution in [0, 0.1) is 17.8 Å². The van der Waals surface area contributed by atoms with Gasteiger partial charge in [-0.2, -0.15) is 5.10 Å². The number of nitrogens with zero attached hydrogens (tertiary/aromatic N) is 2. The van der Waals surface area contributed by atoms with Crippen molar-refractivity contribution in [3.8, 4) is 0 Å². The Labute approximate surface area is 166 Å². The van der Waals surface area contributed by atoms with Gasteiger partial charge in [0.25, 0.3) is 0 Å². The van der Waals surface area contributed by atoms with E-state index in [1.54, 1.807) is 33.2 Å². The Morgan fingerprint density at radius 3 is 2.56 bits per heavy atom. The zero-order valence-corrected chi connectivity index (χ0v) is 17.1. The number of fused-ring (bicyclic) bond motifs is 2. The van der Waals surface area contributed by atoms with E-state index in [1.165, 1.54) is 11.1 Å². The number of ether oxygens (including phenoxy) is 1. The van der Waals surface area contributed by atoms with Gasteiger partial charge in [-0.05, 0) is 58.3 Å². The van der Waals surface area contributed by atoms with Crippen molar-refractivity contribution in [2.24, 2.45) is 23.5 Å². The molecule has 152 valence electrons. The molecule has 7 nitrogen and oxygen atoms in total. The Hall–Kier alpha value is -1.60. The van der Waals surface area contributed by atoms with E-state index in [2.05, 4.69) is 10.4 Å².